The summed E-state index contributed by atoms with van der Waals surface area (Å²) in [6, 6.07) is 18.4. The van der Waals surface area contributed by atoms with E-state index in [4.69, 9.17) is 4.74 Å². The van der Waals surface area contributed by atoms with Crippen LogP contribution in [0.4, 0.5) is 0 Å². The van der Waals surface area contributed by atoms with E-state index in [0.29, 0.717) is 6.10 Å². The number of rotatable bonds is 5. The zero-order chi connectivity index (χ0) is 24.6. The maximum absolute atomic E-state index is 6.27. The van der Waals surface area contributed by atoms with E-state index >= 15 is 0 Å². The van der Waals surface area contributed by atoms with Gasteiger partial charge in [0.1, 0.15) is 17.1 Å². The van der Waals surface area contributed by atoms with Gasteiger partial charge in [-0.2, -0.15) is 5.10 Å². The first-order valence-corrected chi connectivity index (χ1v) is 12.8. The van der Waals surface area contributed by atoms with Crippen LogP contribution in [0.5, 0.6) is 5.75 Å². The number of nitrogens with one attached hydrogen (secondary N) is 2. The summed E-state index contributed by atoms with van der Waals surface area (Å²) in [6.45, 7) is 0. The minimum atomic E-state index is 0.292. The van der Waals surface area contributed by atoms with E-state index < -0.39 is 0 Å². The van der Waals surface area contributed by atoms with Crippen molar-refractivity contribution in [3.8, 4) is 39.5 Å². The van der Waals surface area contributed by atoms with Gasteiger partial charge in [-0.05, 0) is 73.7 Å². The van der Waals surface area contributed by atoms with Crippen LogP contribution in [0.2, 0.25) is 0 Å². The number of aromatic amines is 2. The standard InChI is InChI=1S/C30H26N6O/c1-2-6-21(7-3-1)37-22-14-20(17-31-18-22)19-9-10-27-25(15-19)29(36-35-27)28-16-24-23(11-13-33-30(24)34-28)26-8-4-5-12-32-26/h4-5,8-18,21H,1-3,6-7H2,(H,33,34)(H,35,36). The Morgan fingerprint density at radius 3 is 2.65 bits per heavy atom. The number of aromatic nitrogens is 6. The molecular weight excluding hydrogens is 460 g/mol. The van der Waals surface area contributed by atoms with Crippen LogP contribution in [0.3, 0.4) is 0 Å². The molecule has 7 heteroatoms. The average molecular weight is 487 g/mol. The van der Waals surface area contributed by atoms with Gasteiger partial charge in [-0.3, -0.25) is 15.1 Å². The van der Waals surface area contributed by atoms with Crippen LogP contribution in [0, 0.1) is 0 Å². The Hall–Kier alpha value is -4.52. The largest absolute Gasteiger partial charge is 0.489 e. The average Bonchev–Trinajstić information content (AvgIpc) is 3.58. The number of nitrogens with zero attached hydrogens (tertiary/aromatic N) is 4. The van der Waals surface area contributed by atoms with Crippen LogP contribution in [-0.2, 0) is 0 Å². The molecule has 6 aromatic rings. The summed E-state index contributed by atoms with van der Waals surface area (Å²) in [6.07, 6.45) is 13.6. The summed E-state index contributed by atoms with van der Waals surface area (Å²) in [5.74, 6) is 0.834. The van der Waals surface area contributed by atoms with Gasteiger partial charge in [0, 0.05) is 40.5 Å². The van der Waals surface area contributed by atoms with E-state index in [1.807, 2.05) is 49.1 Å². The van der Waals surface area contributed by atoms with Crippen molar-refractivity contribution in [1.82, 2.24) is 30.1 Å². The molecule has 0 saturated heterocycles. The first-order valence-electron chi connectivity index (χ1n) is 12.8. The van der Waals surface area contributed by atoms with Crippen molar-refractivity contribution < 1.29 is 4.74 Å². The zero-order valence-electron chi connectivity index (χ0n) is 20.3. The zero-order valence-corrected chi connectivity index (χ0v) is 20.3. The second-order valence-electron chi connectivity index (χ2n) is 9.64. The third-order valence-corrected chi connectivity index (χ3v) is 7.19. The maximum atomic E-state index is 6.27. The summed E-state index contributed by atoms with van der Waals surface area (Å²) in [7, 11) is 0. The SMILES string of the molecule is c1ccc(-c2ccnc3[nH]c(-c4n[nH]c5ccc(-c6cncc(OC7CCCCC7)c6)cc45)cc23)nc1. The number of H-pyrrole nitrogens is 2. The maximum Gasteiger partial charge on any atom is 0.138 e. The van der Waals surface area contributed by atoms with Crippen LogP contribution >= 0.6 is 0 Å². The van der Waals surface area contributed by atoms with Crippen molar-refractivity contribution >= 4 is 21.9 Å². The molecule has 0 amide bonds. The molecule has 7 nitrogen and oxygen atoms in total. The lowest BCUT2D eigenvalue weighted by molar-refractivity contribution is 0.154. The number of pyridine rings is 3. The van der Waals surface area contributed by atoms with Gasteiger partial charge in [-0.15, -0.1) is 0 Å². The Morgan fingerprint density at radius 2 is 1.76 bits per heavy atom. The van der Waals surface area contributed by atoms with Gasteiger partial charge in [0.25, 0.3) is 0 Å². The molecule has 2 N–H and O–H groups in total. The molecule has 0 bridgehead atoms. The van der Waals surface area contributed by atoms with Crippen molar-refractivity contribution in [2.24, 2.45) is 0 Å². The van der Waals surface area contributed by atoms with E-state index in [0.717, 1.165) is 74.3 Å². The molecule has 1 fully saturated rings. The number of ether oxygens (including phenoxy) is 1. The van der Waals surface area contributed by atoms with Crippen molar-refractivity contribution in [1.29, 1.82) is 0 Å². The summed E-state index contributed by atoms with van der Waals surface area (Å²) >= 11 is 0. The van der Waals surface area contributed by atoms with E-state index in [-0.39, 0.29) is 0 Å². The number of benzene rings is 1. The molecule has 5 aromatic heterocycles. The molecule has 5 heterocycles. The van der Waals surface area contributed by atoms with E-state index in [2.05, 4.69) is 60.5 Å². The summed E-state index contributed by atoms with van der Waals surface area (Å²) in [5.41, 5.74) is 7.58. The molecule has 0 spiro atoms. The molecule has 182 valence electrons. The van der Waals surface area contributed by atoms with Crippen molar-refractivity contribution in [2.75, 3.05) is 0 Å². The highest BCUT2D eigenvalue weighted by Gasteiger charge is 2.17. The van der Waals surface area contributed by atoms with Gasteiger partial charge in [-0.25, -0.2) is 4.98 Å². The molecule has 1 aliphatic rings. The monoisotopic (exact) mass is 486 g/mol. The fraction of sp³-hybridized carbons (Fsp3) is 0.200. The fourth-order valence-electron chi connectivity index (χ4n) is 5.32. The highest BCUT2D eigenvalue weighted by Crippen LogP contribution is 2.34. The van der Waals surface area contributed by atoms with Gasteiger partial charge in [0.05, 0.1) is 29.2 Å². The second-order valence-corrected chi connectivity index (χ2v) is 9.64. The Kier molecular flexibility index (Phi) is 5.39. The Bertz CT molecular complexity index is 1700. The summed E-state index contributed by atoms with van der Waals surface area (Å²) in [4.78, 5) is 17.0. The van der Waals surface area contributed by atoms with Crippen LogP contribution in [-0.4, -0.2) is 36.2 Å². The highest BCUT2D eigenvalue weighted by molar-refractivity contribution is 6.00. The lowest BCUT2D eigenvalue weighted by atomic mass is 9.98. The third-order valence-electron chi connectivity index (χ3n) is 7.19. The third kappa shape index (κ3) is 4.12. The summed E-state index contributed by atoms with van der Waals surface area (Å²) in [5, 5.41) is 9.88. The van der Waals surface area contributed by atoms with Crippen molar-refractivity contribution in [3.63, 3.8) is 0 Å². The lowest BCUT2D eigenvalue weighted by Gasteiger charge is -2.23. The number of hydrogen-bond donors (Lipinski definition) is 2. The molecule has 0 radical (unpaired) electrons. The Balaban J connectivity index is 1.26. The van der Waals surface area contributed by atoms with E-state index in [9.17, 15) is 0 Å². The van der Waals surface area contributed by atoms with Gasteiger partial charge < -0.3 is 9.72 Å². The smallest absolute Gasteiger partial charge is 0.138 e. The van der Waals surface area contributed by atoms with Crippen LogP contribution < -0.4 is 4.74 Å². The molecular formula is C30H26N6O. The molecule has 1 aliphatic carbocycles. The normalized spacial score (nSPS) is 14.4. The molecule has 1 saturated carbocycles. The minimum Gasteiger partial charge on any atom is -0.489 e. The first kappa shape index (κ1) is 21.7. The van der Waals surface area contributed by atoms with Gasteiger partial charge in [0.15, 0.2) is 0 Å². The Labute approximate surface area is 214 Å². The van der Waals surface area contributed by atoms with E-state index in [1.165, 1.54) is 19.3 Å². The molecule has 37 heavy (non-hydrogen) atoms. The topological polar surface area (TPSA) is 92.4 Å². The van der Waals surface area contributed by atoms with Crippen molar-refractivity contribution in [3.05, 3.63) is 79.4 Å². The highest BCUT2D eigenvalue weighted by atomic mass is 16.5. The van der Waals surface area contributed by atoms with Crippen molar-refractivity contribution in [2.45, 2.75) is 38.2 Å². The number of hydrogen-bond acceptors (Lipinski definition) is 5. The molecule has 1 aromatic carbocycles. The quantitative estimate of drug-likeness (QED) is 0.275. The van der Waals surface area contributed by atoms with Gasteiger partial charge in [0.2, 0.25) is 0 Å². The van der Waals surface area contributed by atoms with Gasteiger partial charge in [-0.1, -0.05) is 18.6 Å². The van der Waals surface area contributed by atoms with Crippen LogP contribution in [0.25, 0.3) is 55.7 Å². The minimum absolute atomic E-state index is 0.292. The molecule has 7 rings (SSSR count). The number of fused-ring (bicyclic) bond motifs is 2. The first-order chi connectivity index (χ1) is 18.3. The predicted octanol–water partition coefficient (Wildman–Crippen LogP) is 6.94. The van der Waals surface area contributed by atoms with Gasteiger partial charge >= 0.3 is 0 Å². The van der Waals surface area contributed by atoms with Crippen LogP contribution in [0.15, 0.2) is 79.4 Å². The second kappa shape index (κ2) is 9.17. The molecule has 0 aliphatic heterocycles. The molecule has 0 unspecified atom stereocenters. The lowest BCUT2D eigenvalue weighted by Crippen LogP contribution is -2.19. The van der Waals surface area contributed by atoms with Crippen LogP contribution in [0.1, 0.15) is 32.1 Å². The van der Waals surface area contributed by atoms with E-state index in [1.54, 1.807) is 0 Å². The summed E-state index contributed by atoms with van der Waals surface area (Å²) < 4.78 is 6.27. The molecule has 0 atom stereocenters. The Morgan fingerprint density at radius 1 is 0.811 bits per heavy atom. The fourth-order valence-corrected chi connectivity index (χ4v) is 5.32. The predicted molar refractivity (Wildman–Crippen MR) is 145 cm³/mol.